The van der Waals surface area contributed by atoms with Gasteiger partial charge in [-0.1, -0.05) is 24.3 Å². The van der Waals surface area contributed by atoms with Crippen LogP contribution in [0, 0.1) is 5.82 Å². The Morgan fingerprint density at radius 1 is 0.881 bits per heavy atom. The lowest BCUT2D eigenvalue weighted by Crippen LogP contribution is -2.67. The lowest BCUT2D eigenvalue weighted by molar-refractivity contribution is -0.367. The number of halogens is 1. The van der Waals surface area contributed by atoms with Crippen LogP contribution in [-0.2, 0) is 59.8 Å². The Kier molecular flexibility index (Phi) is 9.60. The maximum Gasteiger partial charge on any atom is 0.303 e. The smallest absolute Gasteiger partial charge is 0.303 e. The number of ether oxygens (including phenoxy) is 6. The molecule has 0 bridgehead atoms. The predicted octanol–water partition coefficient (Wildman–Crippen LogP) is 4.19. The normalized spacial score (nSPS) is 23.7. The molecule has 0 amide bonds. The van der Waals surface area contributed by atoms with Gasteiger partial charge in [-0.2, -0.15) is 0 Å². The molecule has 1 aliphatic heterocycles. The summed E-state index contributed by atoms with van der Waals surface area (Å²) in [5.41, 5.74) is 0.517. The number of esters is 4. The van der Waals surface area contributed by atoms with E-state index in [-0.39, 0.29) is 12.0 Å². The average molecular weight is 603 g/mol. The second-order valence-electron chi connectivity index (χ2n) is 9.74. The van der Waals surface area contributed by atoms with Gasteiger partial charge in [-0.15, -0.1) is 11.3 Å². The van der Waals surface area contributed by atoms with Crippen molar-refractivity contribution in [1.29, 1.82) is 0 Å². The molecule has 42 heavy (non-hydrogen) atoms. The molecule has 0 radical (unpaired) electrons. The van der Waals surface area contributed by atoms with E-state index in [2.05, 4.69) is 0 Å². The molecule has 1 aromatic heterocycles. The van der Waals surface area contributed by atoms with Gasteiger partial charge < -0.3 is 28.4 Å². The molecule has 1 saturated heterocycles. The Labute approximate surface area is 245 Å². The third kappa shape index (κ3) is 6.77. The fourth-order valence-electron chi connectivity index (χ4n) is 5.02. The number of thiophene rings is 1. The molecule has 12 heteroatoms. The minimum absolute atomic E-state index is 0.222. The minimum atomic E-state index is -2.00. The molecule has 0 saturated carbocycles. The summed E-state index contributed by atoms with van der Waals surface area (Å²) in [6, 6.07) is 13.9. The second kappa shape index (κ2) is 13.0. The number of rotatable bonds is 9. The van der Waals surface area contributed by atoms with E-state index < -0.39 is 66.5 Å². The molecule has 0 spiro atoms. The quantitative estimate of drug-likeness (QED) is 0.260. The van der Waals surface area contributed by atoms with Crippen LogP contribution < -0.4 is 0 Å². The number of fused-ring (bicyclic) bond motifs is 1. The zero-order valence-electron chi connectivity index (χ0n) is 23.7. The van der Waals surface area contributed by atoms with E-state index in [1.54, 1.807) is 0 Å². The summed E-state index contributed by atoms with van der Waals surface area (Å²) in [6.07, 6.45) is -5.36. The molecule has 5 unspecified atom stereocenters. The van der Waals surface area contributed by atoms with Gasteiger partial charge in [0.1, 0.15) is 18.5 Å². The molecule has 0 aliphatic carbocycles. The van der Waals surface area contributed by atoms with Crippen molar-refractivity contribution in [2.75, 3.05) is 13.7 Å². The highest BCUT2D eigenvalue weighted by Crippen LogP contribution is 2.44. The van der Waals surface area contributed by atoms with Gasteiger partial charge in [-0.3, -0.25) is 19.2 Å². The van der Waals surface area contributed by atoms with Crippen LogP contribution in [0.4, 0.5) is 4.39 Å². The Balaban J connectivity index is 1.84. The van der Waals surface area contributed by atoms with Gasteiger partial charge in [0.2, 0.25) is 11.9 Å². The number of methoxy groups -OCH3 is 1. The molecule has 0 N–H and O–H groups in total. The van der Waals surface area contributed by atoms with Crippen molar-refractivity contribution in [3.8, 4) is 0 Å². The van der Waals surface area contributed by atoms with E-state index in [9.17, 15) is 19.2 Å². The van der Waals surface area contributed by atoms with Crippen LogP contribution >= 0.6 is 11.3 Å². The van der Waals surface area contributed by atoms with Crippen LogP contribution in [0.2, 0.25) is 0 Å². The van der Waals surface area contributed by atoms with E-state index in [0.29, 0.717) is 5.56 Å². The van der Waals surface area contributed by atoms with Gasteiger partial charge >= 0.3 is 23.9 Å². The molecule has 4 rings (SSSR count). The van der Waals surface area contributed by atoms with Crippen molar-refractivity contribution in [2.24, 2.45) is 0 Å². The summed E-state index contributed by atoms with van der Waals surface area (Å²) in [5.74, 6) is -5.47. The molecule has 5 atom stereocenters. The molecule has 1 aliphatic rings. The van der Waals surface area contributed by atoms with Crippen molar-refractivity contribution in [3.05, 3.63) is 70.4 Å². The highest BCUT2D eigenvalue weighted by atomic mass is 32.1. The number of hydrogen-bond acceptors (Lipinski definition) is 11. The standard InChI is InChI=1S/C30H31FO10S/c1-16(32)37-15-25-27(38-17(2)33)28(39-18(3)34)29(40-19(4)35)30(36-5,41-25)22-10-11-24(31)21(12-22)14-23-13-20-8-6-7-9-26(20)42-23/h6-13,25,27-29H,14-15H2,1-5H3. The molecule has 3 aromatic rings. The van der Waals surface area contributed by atoms with Crippen LogP contribution in [0.1, 0.15) is 43.7 Å². The van der Waals surface area contributed by atoms with Crippen molar-refractivity contribution < 1.29 is 52.0 Å². The van der Waals surface area contributed by atoms with Crippen LogP contribution in [0.15, 0.2) is 48.5 Å². The number of carbonyl (C=O) groups excluding carboxylic acids is 4. The Bertz CT molecular complexity index is 1450. The van der Waals surface area contributed by atoms with Crippen LogP contribution in [-0.4, -0.2) is 62.0 Å². The van der Waals surface area contributed by atoms with Crippen LogP contribution in [0.25, 0.3) is 10.1 Å². The maximum absolute atomic E-state index is 15.2. The summed E-state index contributed by atoms with van der Waals surface area (Å²) in [6.45, 7) is 4.14. The van der Waals surface area contributed by atoms with Crippen molar-refractivity contribution in [1.82, 2.24) is 0 Å². The van der Waals surface area contributed by atoms with E-state index in [4.69, 9.17) is 28.4 Å². The number of benzene rings is 2. The zero-order valence-corrected chi connectivity index (χ0v) is 24.5. The van der Waals surface area contributed by atoms with Gasteiger partial charge in [0, 0.05) is 56.4 Å². The lowest BCUT2D eigenvalue weighted by atomic mass is 9.86. The summed E-state index contributed by atoms with van der Waals surface area (Å²) in [5, 5.41) is 1.03. The highest BCUT2D eigenvalue weighted by Gasteiger charge is 2.61. The van der Waals surface area contributed by atoms with Gasteiger partial charge in [0.05, 0.1) is 0 Å². The second-order valence-corrected chi connectivity index (χ2v) is 10.9. The largest absolute Gasteiger partial charge is 0.463 e. The monoisotopic (exact) mass is 602 g/mol. The van der Waals surface area contributed by atoms with Crippen molar-refractivity contribution >= 4 is 45.3 Å². The van der Waals surface area contributed by atoms with E-state index in [0.717, 1.165) is 35.7 Å². The third-order valence-corrected chi connectivity index (χ3v) is 7.75. The summed E-state index contributed by atoms with van der Waals surface area (Å²) in [4.78, 5) is 49.3. The van der Waals surface area contributed by atoms with E-state index in [1.165, 1.54) is 43.6 Å². The Morgan fingerprint density at radius 2 is 1.55 bits per heavy atom. The van der Waals surface area contributed by atoms with E-state index in [1.807, 2.05) is 30.3 Å². The predicted molar refractivity (Wildman–Crippen MR) is 148 cm³/mol. The summed E-state index contributed by atoms with van der Waals surface area (Å²) < 4.78 is 50.3. The molecule has 224 valence electrons. The van der Waals surface area contributed by atoms with Crippen LogP contribution in [0.5, 0.6) is 0 Å². The summed E-state index contributed by atoms with van der Waals surface area (Å²) >= 11 is 1.53. The SMILES string of the molecule is COC1(c2ccc(F)c(Cc3cc4ccccc4s3)c2)OC(COC(C)=O)C(OC(C)=O)C(OC(C)=O)C1OC(C)=O. The Hall–Kier alpha value is -3.87. The van der Waals surface area contributed by atoms with Gasteiger partial charge in [-0.05, 0) is 35.2 Å². The third-order valence-electron chi connectivity index (χ3n) is 6.63. The molecule has 2 aromatic carbocycles. The average Bonchev–Trinajstić information content (AvgIpc) is 3.33. The number of carbonyl (C=O) groups is 4. The first kappa shape index (κ1) is 31.1. The fourth-order valence-corrected chi connectivity index (χ4v) is 6.11. The van der Waals surface area contributed by atoms with Crippen LogP contribution in [0.3, 0.4) is 0 Å². The molecule has 10 nitrogen and oxygen atoms in total. The van der Waals surface area contributed by atoms with E-state index >= 15 is 4.39 Å². The molecular formula is C30H31FO10S. The minimum Gasteiger partial charge on any atom is -0.463 e. The zero-order chi connectivity index (χ0) is 30.6. The number of hydrogen-bond donors (Lipinski definition) is 0. The molecule has 1 fully saturated rings. The maximum atomic E-state index is 15.2. The first-order valence-electron chi connectivity index (χ1n) is 13.1. The lowest BCUT2D eigenvalue weighted by Gasteiger charge is -2.50. The molecular weight excluding hydrogens is 571 g/mol. The first-order chi connectivity index (χ1) is 19.9. The Morgan fingerprint density at radius 3 is 2.17 bits per heavy atom. The fraction of sp³-hybridized carbons (Fsp3) is 0.400. The van der Waals surface area contributed by atoms with Crippen molar-refractivity contribution in [3.63, 3.8) is 0 Å². The van der Waals surface area contributed by atoms with Gasteiger partial charge in [0.25, 0.3) is 0 Å². The van der Waals surface area contributed by atoms with Gasteiger partial charge in [0.15, 0.2) is 12.2 Å². The van der Waals surface area contributed by atoms with Crippen molar-refractivity contribution in [2.45, 2.75) is 64.3 Å². The molecule has 2 heterocycles. The highest BCUT2D eigenvalue weighted by molar-refractivity contribution is 7.19. The first-order valence-corrected chi connectivity index (χ1v) is 13.9. The topological polar surface area (TPSA) is 124 Å². The summed E-state index contributed by atoms with van der Waals surface area (Å²) in [7, 11) is 1.27. The van der Waals surface area contributed by atoms with Gasteiger partial charge in [-0.25, -0.2) is 4.39 Å².